The number of nitrogens with one attached hydrogen (secondary N) is 1. The van der Waals surface area contributed by atoms with E-state index in [2.05, 4.69) is 26.2 Å². The molecule has 20 heavy (non-hydrogen) atoms. The fourth-order valence-electron chi connectivity index (χ4n) is 2.82. The first kappa shape index (κ1) is 14.3. The van der Waals surface area contributed by atoms with Crippen molar-refractivity contribution in [2.75, 3.05) is 17.6 Å². The minimum Gasteiger partial charge on any atom is -0.330 e. The first-order valence-corrected chi connectivity index (χ1v) is 8.45. The molecule has 1 fully saturated rings. The Kier molecular flexibility index (Phi) is 4.04. The van der Waals surface area contributed by atoms with Crippen LogP contribution in [0.2, 0.25) is 0 Å². The van der Waals surface area contributed by atoms with Crippen LogP contribution in [0.4, 0.5) is 14.5 Å². The summed E-state index contributed by atoms with van der Waals surface area (Å²) >= 11 is 4.64. The van der Waals surface area contributed by atoms with Gasteiger partial charge in [0.05, 0.1) is 0 Å². The van der Waals surface area contributed by atoms with E-state index in [0.29, 0.717) is 15.1 Å². The van der Waals surface area contributed by atoms with Crippen molar-refractivity contribution >= 4 is 38.5 Å². The fraction of sp³-hybridized carbons (Fsp3) is 0.500. The topological polar surface area (TPSA) is 24.4 Å². The minimum absolute atomic E-state index is 0.123. The van der Waals surface area contributed by atoms with Crippen LogP contribution in [0, 0.1) is 17.0 Å². The SMILES string of the molecule is Fc1cc(Br)cc(F)c1NC1=NCC2(CCCC2)CS1. The van der Waals surface area contributed by atoms with Gasteiger partial charge in [-0.15, -0.1) is 0 Å². The lowest BCUT2D eigenvalue weighted by Gasteiger charge is -2.31. The standard InChI is InChI=1S/C14H15BrF2N2S/c15-9-5-10(16)12(11(17)6-9)19-13-18-7-14(8-20-13)3-1-2-4-14/h5-6H,1-4,7-8H2,(H,18,19). The molecular formula is C14H15BrF2N2S. The van der Waals surface area contributed by atoms with Crippen molar-refractivity contribution in [2.45, 2.75) is 25.7 Å². The molecule has 0 saturated heterocycles. The Morgan fingerprint density at radius 1 is 1.20 bits per heavy atom. The second-order valence-electron chi connectivity index (χ2n) is 5.49. The first-order chi connectivity index (χ1) is 9.58. The molecule has 0 atom stereocenters. The van der Waals surface area contributed by atoms with Gasteiger partial charge < -0.3 is 5.32 Å². The van der Waals surface area contributed by atoms with E-state index >= 15 is 0 Å². The molecule has 1 aliphatic heterocycles. The van der Waals surface area contributed by atoms with Crippen LogP contribution in [0.15, 0.2) is 21.6 Å². The van der Waals surface area contributed by atoms with Crippen LogP contribution in [0.5, 0.6) is 0 Å². The van der Waals surface area contributed by atoms with E-state index in [0.717, 1.165) is 12.3 Å². The molecule has 1 saturated carbocycles. The van der Waals surface area contributed by atoms with Crippen LogP contribution in [0.1, 0.15) is 25.7 Å². The highest BCUT2D eigenvalue weighted by atomic mass is 79.9. The molecule has 1 N–H and O–H groups in total. The van der Waals surface area contributed by atoms with E-state index in [1.54, 1.807) is 11.8 Å². The number of thioether (sulfide) groups is 1. The van der Waals surface area contributed by atoms with E-state index in [9.17, 15) is 8.78 Å². The predicted octanol–water partition coefficient (Wildman–Crippen LogP) is 4.80. The van der Waals surface area contributed by atoms with Crippen LogP contribution < -0.4 is 5.32 Å². The number of hydrogen-bond donors (Lipinski definition) is 1. The molecule has 108 valence electrons. The maximum atomic E-state index is 13.8. The summed E-state index contributed by atoms with van der Waals surface area (Å²) in [6.45, 7) is 0.766. The van der Waals surface area contributed by atoms with Crippen molar-refractivity contribution < 1.29 is 8.78 Å². The zero-order valence-electron chi connectivity index (χ0n) is 10.9. The van der Waals surface area contributed by atoms with E-state index < -0.39 is 11.6 Å². The van der Waals surface area contributed by atoms with Crippen molar-refractivity contribution in [1.29, 1.82) is 0 Å². The molecule has 0 unspecified atom stereocenters. The van der Waals surface area contributed by atoms with Crippen molar-refractivity contribution in [2.24, 2.45) is 10.4 Å². The third kappa shape index (κ3) is 2.86. The zero-order chi connectivity index (χ0) is 14.2. The molecule has 1 aromatic rings. The summed E-state index contributed by atoms with van der Waals surface area (Å²) in [6, 6.07) is 2.50. The Morgan fingerprint density at radius 2 is 1.85 bits per heavy atom. The molecule has 0 bridgehead atoms. The highest BCUT2D eigenvalue weighted by molar-refractivity contribution is 9.10. The van der Waals surface area contributed by atoms with Gasteiger partial charge in [0.15, 0.2) is 16.8 Å². The van der Waals surface area contributed by atoms with Gasteiger partial charge in [-0.25, -0.2) is 8.78 Å². The number of amidine groups is 1. The molecule has 1 spiro atoms. The molecule has 2 aliphatic rings. The molecular weight excluding hydrogens is 346 g/mol. The summed E-state index contributed by atoms with van der Waals surface area (Å²) in [7, 11) is 0. The number of hydrogen-bond acceptors (Lipinski definition) is 3. The maximum absolute atomic E-state index is 13.8. The van der Waals surface area contributed by atoms with E-state index in [1.807, 2.05) is 0 Å². The summed E-state index contributed by atoms with van der Waals surface area (Å²) in [5, 5.41) is 3.41. The van der Waals surface area contributed by atoms with Crippen LogP contribution in [0.25, 0.3) is 0 Å². The van der Waals surface area contributed by atoms with Crippen molar-refractivity contribution in [3.63, 3.8) is 0 Å². The Hall–Kier alpha value is -0.620. The largest absolute Gasteiger partial charge is 0.330 e. The first-order valence-electron chi connectivity index (χ1n) is 6.67. The Bertz CT molecular complexity index is 533. The summed E-state index contributed by atoms with van der Waals surface area (Å²) in [5.41, 5.74) is 0.203. The monoisotopic (exact) mass is 360 g/mol. The normalized spacial score (nSPS) is 21.1. The highest BCUT2D eigenvalue weighted by Crippen LogP contribution is 2.43. The Labute approximate surface area is 129 Å². The summed E-state index contributed by atoms with van der Waals surface area (Å²) in [4.78, 5) is 4.49. The zero-order valence-corrected chi connectivity index (χ0v) is 13.3. The van der Waals surface area contributed by atoms with Crippen LogP contribution >= 0.6 is 27.7 Å². The fourth-order valence-corrected chi connectivity index (χ4v) is 4.38. The van der Waals surface area contributed by atoms with Gasteiger partial charge in [-0.05, 0) is 30.4 Å². The number of benzene rings is 1. The quantitative estimate of drug-likeness (QED) is 0.777. The van der Waals surface area contributed by atoms with Gasteiger partial charge >= 0.3 is 0 Å². The van der Waals surface area contributed by atoms with E-state index in [-0.39, 0.29) is 5.69 Å². The minimum atomic E-state index is -0.610. The van der Waals surface area contributed by atoms with Crippen LogP contribution in [-0.2, 0) is 0 Å². The molecule has 1 aromatic carbocycles. The second-order valence-corrected chi connectivity index (χ2v) is 7.37. The average molecular weight is 361 g/mol. The Balaban J connectivity index is 1.75. The molecule has 6 heteroatoms. The van der Waals surface area contributed by atoms with Gasteiger partial charge in [-0.2, -0.15) is 0 Å². The third-order valence-corrected chi connectivity index (χ3v) is 5.70. The second kappa shape index (κ2) is 5.64. The molecule has 3 rings (SSSR count). The maximum Gasteiger partial charge on any atom is 0.161 e. The molecule has 0 radical (unpaired) electrons. The van der Waals surface area contributed by atoms with Crippen molar-refractivity contribution in [3.8, 4) is 0 Å². The highest BCUT2D eigenvalue weighted by Gasteiger charge is 2.36. The lowest BCUT2D eigenvalue weighted by molar-refractivity contribution is 0.359. The molecule has 2 nitrogen and oxygen atoms in total. The van der Waals surface area contributed by atoms with Gasteiger partial charge in [0.1, 0.15) is 5.69 Å². The van der Waals surface area contributed by atoms with Crippen molar-refractivity contribution in [3.05, 3.63) is 28.2 Å². The molecule has 0 amide bonds. The van der Waals surface area contributed by atoms with Crippen LogP contribution in [0.3, 0.4) is 0 Å². The summed E-state index contributed by atoms with van der Waals surface area (Å²) < 4.78 is 27.9. The van der Waals surface area contributed by atoms with Gasteiger partial charge in [0.25, 0.3) is 0 Å². The average Bonchev–Trinajstić information content (AvgIpc) is 2.85. The number of anilines is 1. The number of aliphatic imine (C=N–C) groups is 1. The third-order valence-electron chi connectivity index (χ3n) is 3.98. The molecule has 1 aliphatic carbocycles. The smallest absolute Gasteiger partial charge is 0.161 e. The number of rotatable bonds is 1. The summed E-state index contributed by atoms with van der Waals surface area (Å²) in [6.07, 6.45) is 4.99. The molecule has 0 aromatic heterocycles. The summed E-state index contributed by atoms with van der Waals surface area (Å²) in [5.74, 6) is -0.235. The molecule has 1 heterocycles. The van der Waals surface area contributed by atoms with E-state index in [4.69, 9.17) is 0 Å². The van der Waals surface area contributed by atoms with Gasteiger partial charge in [0.2, 0.25) is 0 Å². The Morgan fingerprint density at radius 3 is 2.40 bits per heavy atom. The predicted molar refractivity (Wildman–Crippen MR) is 83.3 cm³/mol. The van der Waals surface area contributed by atoms with Crippen molar-refractivity contribution in [1.82, 2.24) is 0 Å². The van der Waals surface area contributed by atoms with Gasteiger partial charge in [0, 0.05) is 16.8 Å². The number of nitrogens with zero attached hydrogens (tertiary/aromatic N) is 1. The lowest BCUT2D eigenvalue weighted by atomic mass is 9.89. The van der Waals surface area contributed by atoms with Gasteiger partial charge in [-0.1, -0.05) is 40.5 Å². The van der Waals surface area contributed by atoms with Gasteiger partial charge in [-0.3, -0.25) is 4.99 Å². The number of halogens is 3. The lowest BCUT2D eigenvalue weighted by Crippen LogP contribution is -2.30. The van der Waals surface area contributed by atoms with E-state index in [1.165, 1.54) is 37.8 Å². The van der Waals surface area contributed by atoms with Crippen LogP contribution in [-0.4, -0.2) is 17.5 Å².